The Bertz CT molecular complexity index is 1080. The van der Waals surface area contributed by atoms with Gasteiger partial charge in [-0.15, -0.1) is 0 Å². The van der Waals surface area contributed by atoms with Crippen LogP contribution in [0.4, 0.5) is 10.2 Å². The van der Waals surface area contributed by atoms with Crippen molar-refractivity contribution in [2.24, 2.45) is 5.92 Å². The number of nitrogens with zero attached hydrogens (tertiary/aromatic N) is 4. The molecule has 162 valence electrons. The SMILES string of the molecule is Fc1cccnc1CNc1ncnc2sc(CCNCCC3NC=C(C4CC4)N3)nc12. The molecule has 4 heterocycles. The Kier molecular flexibility index (Phi) is 5.90. The molecule has 0 saturated heterocycles. The highest BCUT2D eigenvalue weighted by molar-refractivity contribution is 7.18. The fourth-order valence-electron chi connectivity index (χ4n) is 3.58. The van der Waals surface area contributed by atoms with E-state index in [2.05, 4.69) is 42.4 Å². The Morgan fingerprint density at radius 3 is 3.00 bits per heavy atom. The van der Waals surface area contributed by atoms with E-state index in [9.17, 15) is 4.39 Å². The van der Waals surface area contributed by atoms with E-state index in [4.69, 9.17) is 4.98 Å². The van der Waals surface area contributed by atoms with Crippen molar-refractivity contribution in [3.63, 3.8) is 0 Å². The topological polar surface area (TPSA) is 99.7 Å². The third kappa shape index (κ3) is 4.91. The maximum Gasteiger partial charge on any atom is 0.157 e. The molecule has 0 spiro atoms. The van der Waals surface area contributed by atoms with Gasteiger partial charge in [0.2, 0.25) is 0 Å². The number of fused-ring (bicyclic) bond motifs is 1. The van der Waals surface area contributed by atoms with Gasteiger partial charge in [0.15, 0.2) is 5.82 Å². The van der Waals surface area contributed by atoms with E-state index in [0.29, 0.717) is 17.7 Å². The molecule has 1 aliphatic carbocycles. The van der Waals surface area contributed by atoms with Crippen molar-refractivity contribution in [1.82, 2.24) is 35.9 Å². The zero-order valence-electron chi connectivity index (χ0n) is 17.1. The van der Waals surface area contributed by atoms with E-state index >= 15 is 0 Å². The number of halogens is 1. The lowest BCUT2D eigenvalue weighted by Gasteiger charge is -2.14. The molecule has 1 aliphatic heterocycles. The van der Waals surface area contributed by atoms with Gasteiger partial charge in [0.05, 0.1) is 23.4 Å². The predicted molar refractivity (Wildman–Crippen MR) is 119 cm³/mol. The number of allylic oxidation sites excluding steroid dienone is 1. The molecule has 3 aromatic rings. The maximum absolute atomic E-state index is 13.8. The van der Waals surface area contributed by atoms with Gasteiger partial charge in [-0.3, -0.25) is 4.98 Å². The second-order valence-electron chi connectivity index (χ2n) is 7.80. The van der Waals surface area contributed by atoms with Crippen molar-refractivity contribution in [3.8, 4) is 0 Å². The number of pyridine rings is 1. The van der Waals surface area contributed by atoms with Crippen LogP contribution >= 0.6 is 11.3 Å². The summed E-state index contributed by atoms with van der Waals surface area (Å²) in [4.78, 5) is 18.2. The first kappa shape index (κ1) is 20.1. The summed E-state index contributed by atoms with van der Waals surface area (Å²) in [7, 11) is 0. The Morgan fingerprint density at radius 2 is 2.13 bits per heavy atom. The van der Waals surface area contributed by atoms with Crippen LogP contribution in [-0.4, -0.2) is 39.2 Å². The first-order valence-corrected chi connectivity index (χ1v) is 11.4. The third-order valence-corrected chi connectivity index (χ3v) is 6.44. The highest BCUT2D eigenvalue weighted by Crippen LogP contribution is 2.36. The highest BCUT2D eigenvalue weighted by atomic mass is 32.1. The molecule has 0 radical (unpaired) electrons. The molecule has 0 bridgehead atoms. The van der Waals surface area contributed by atoms with Crippen LogP contribution in [0.15, 0.2) is 36.6 Å². The molecule has 4 N–H and O–H groups in total. The van der Waals surface area contributed by atoms with Crippen LogP contribution in [0.3, 0.4) is 0 Å². The number of nitrogens with one attached hydrogen (secondary N) is 4. The summed E-state index contributed by atoms with van der Waals surface area (Å²) < 4.78 is 13.8. The summed E-state index contributed by atoms with van der Waals surface area (Å²) in [5, 5.41) is 14.6. The minimum absolute atomic E-state index is 0.244. The van der Waals surface area contributed by atoms with Gasteiger partial charge in [-0.05, 0) is 37.9 Å². The maximum atomic E-state index is 13.8. The van der Waals surface area contributed by atoms with Gasteiger partial charge >= 0.3 is 0 Å². The van der Waals surface area contributed by atoms with Gasteiger partial charge in [0.25, 0.3) is 0 Å². The van der Waals surface area contributed by atoms with E-state index < -0.39 is 0 Å². The van der Waals surface area contributed by atoms with Crippen molar-refractivity contribution in [2.75, 3.05) is 18.4 Å². The second kappa shape index (κ2) is 9.11. The molecule has 1 unspecified atom stereocenters. The molecule has 5 rings (SSSR count). The summed E-state index contributed by atoms with van der Waals surface area (Å²) in [6.07, 6.45) is 10.0. The Hall–Kier alpha value is -2.85. The highest BCUT2D eigenvalue weighted by Gasteiger charge is 2.29. The minimum atomic E-state index is -0.340. The molecule has 31 heavy (non-hydrogen) atoms. The predicted octanol–water partition coefficient (Wildman–Crippen LogP) is 2.52. The van der Waals surface area contributed by atoms with Crippen molar-refractivity contribution in [1.29, 1.82) is 0 Å². The average Bonchev–Trinajstić information content (AvgIpc) is 3.37. The Labute approximate surface area is 183 Å². The van der Waals surface area contributed by atoms with Gasteiger partial charge in [0, 0.05) is 37.0 Å². The first-order chi connectivity index (χ1) is 15.3. The Balaban J connectivity index is 1.10. The normalized spacial score (nSPS) is 18.0. The number of hydrogen-bond acceptors (Lipinski definition) is 9. The largest absolute Gasteiger partial charge is 0.370 e. The number of thiazole rings is 1. The van der Waals surface area contributed by atoms with Gasteiger partial charge in [-0.1, -0.05) is 11.3 Å². The summed E-state index contributed by atoms with van der Waals surface area (Å²) in [5.74, 6) is 1.02. The smallest absolute Gasteiger partial charge is 0.157 e. The van der Waals surface area contributed by atoms with E-state index in [1.807, 2.05) is 0 Å². The molecular formula is C21H25FN8S. The lowest BCUT2D eigenvalue weighted by molar-refractivity contribution is 0.489. The lowest BCUT2D eigenvalue weighted by Crippen LogP contribution is -2.36. The molecule has 3 aromatic heterocycles. The Morgan fingerprint density at radius 1 is 1.19 bits per heavy atom. The van der Waals surface area contributed by atoms with E-state index in [-0.39, 0.29) is 12.4 Å². The fraction of sp³-hybridized carbons (Fsp3) is 0.429. The van der Waals surface area contributed by atoms with Crippen molar-refractivity contribution in [2.45, 2.75) is 38.4 Å². The summed E-state index contributed by atoms with van der Waals surface area (Å²) in [6.45, 7) is 2.03. The van der Waals surface area contributed by atoms with Crippen LogP contribution < -0.4 is 21.3 Å². The number of anilines is 1. The number of aromatic nitrogens is 4. The van der Waals surface area contributed by atoms with Gasteiger partial charge in [-0.2, -0.15) is 0 Å². The zero-order chi connectivity index (χ0) is 21.0. The molecule has 10 heteroatoms. The standard InChI is InChI=1S/C21H25FN8S/c22-14-2-1-7-24-16(14)11-26-20-19-21(28-12-27-20)31-18(30-19)6-9-23-8-5-17-25-10-15(29-17)13-3-4-13/h1-2,7,10,12-13,17,23,25,29H,3-6,8-9,11H2,(H,26,27,28). The van der Waals surface area contributed by atoms with Crippen molar-refractivity contribution in [3.05, 3.63) is 53.1 Å². The van der Waals surface area contributed by atoms with Crippen LogP contribution in [0.5, 0.6) is 0 Å². The average molecular weight is 441 g/mol. The molecule has 2 aliphatic rings. The summed E-state index contributed by atoms with van der Waals surface area (Å²) in [6, 6.07) is 2.97. The van der Waals surface area contributed by atoms with Crippen LogP contribution in [0.2, 0.25) is 0 Å². The molecular weight excluding hydrogens is 415 g/mol. The second-order valence-corrected chi connectivity index (χ2v) is 8.86. The molecule has 1 saturated carbocycles. The summed E-state index contributed by atoms with van der Waals surface area (Å²) >= 11 is 1.57. The van der Waals surface area contributed by atoms with Crippen molar-refractivity contribution < 1.29 is 4.39 Å². The van der Waals surface area contributed by atoms with Gasteiger partial charge < -0.3 is 21.3 Å². The number of hydrogen-bond donors (Lipinski definition) is 4. The molecule has 1 atom stereocenters. The quantitative estimate of drug-likeness (QED) is 0.357. The van der Waals surface area contributed by atoms with Crippen molar-refractivity contribution >= 4 is 27.5 Å². The molecule has 0 amide bonds. The zero-order valence-corrected chi connectivity index (χ0v) is 17.9. The summed E-state index contributed by atoms with van der Waals surface area (Å²) in [5.41, 5.74) is 2.44. The van der Waals surface area contributed by atoms with Crippen LogP contribution in [0.1, 0.15) is 30.0 Å². The van der Waals surface area contributed by atoms with Crippen LogP contribution in [-0.2, 0) is 13.0 Å². The van der Waals surface area contributed by atoms with Crippen LogP contribution in [0, 0.1) is 11.7 Å². The van der Waals surface area contributed by atoms with E-state index in [1.165, 1.54) is 30.9 Å². The monoisotopic (exact) mass is 440 g/mol. The number of rotatable bonds is 10. The third-order valence-electron chi connectivity index (χ3n) is 5.42. The molecule has 1 fully saturated rings. The van der Waals surface area contributed by atoms with E-state index in [0.717, 1.165) is 47.2 Å². The minimum Gasteiger partial charge on any atom is -0.370 e. The molecule has 0 aromatic carbocycles. The lowest BCUT2D eigenvalue weighted by atomic mass is 10.3. The van der Waals surface area contributed by atoms with Crippen LogP contribution in [0.25, 0.3) is 10.3 Å². The van der Waals surface area contributed by atoms with Gasteiger partial charge in [0.1, 0.15) is 22.5 Å². The molecule has 8 nitrogen and oxygen atoms in total. The fourth-order valence-corrected chi connectivity index (χ4v) is 4.48. The first-order valence-electron chi connectivity index (χ1n) is 10.6. The van der Waals surface area contributed by atoms with Gasteiger partial charge in [-0.25, -0.2) is 19.3 Å². The van der Waals surface area contributed by atoms with E-state index in [1.54, 1.807) is 23.6 Å².